The average Bonchev–Trinajstić information content (AvgIpc) is 3.09. The molecule has 26 heavy (non-hydrogen) atoms. The van der Waals surface area contributed by atoms with Crippen molar-refractivity contribution in [3.8, 4) is 17.6 Å². The van der Waals surface area contributed by atoms with E-state index in [1.54, 1.807) is 11.3 Å². The molecule has 2 aromatic rings. The van der Waals surface area contributed by atoms with Crippen LogP contribution in [-0.2, 0) is 17.7 Å². The summed E-state index contributed by atoms with van der Waals surface area (Å²) >= 11 is 1.71. The number of aliphatic hydroxyl groups excluding tert-OH is 1. The highest BCUT2D eigenvalue weighted by molar-refractivity contribution is 7.12. The monoisotopic (exact) mass is 373 g/mol. The second-order valence-electron chi connectivity index (χ2n) is 6.63. The van der Waals surface area contributed by atoms with E-state index < -0.39 is 5.54 Å². The van der Waals surface area contributed by atoms with E-state index >= 15 is 0 Å². The highest BCUT2D eigenvalue weighted by atomic mass is 32.1. The van der Waals surface area contributed by atoms with Crippen molar-refractivity contribution in [2.45, 2.75) is 44.6 Å². The lowest BCUT2D eigenvalue weighted by molar-refractivity contribution is -0.178. The Morgan fingerprint density at radius 1 is 1.15 bits per heavy atom. The number of hydrogen-bond acceptors (Lipinski definition) is 5. The van der Waals surface area contributed by atoms with Crippen LogP contribution in [0, 0.1) is 11.8 Å². The van der Waals surface area contributed by atoms with E-state index in [-0.39, 0.29) is 6.61 Å². The van der Waals surface area contributed by atoms with Crippen molar-refractivity contribution in [3.63, 3.8) is 0 Å². The van der Waals surface area contributed by atoms with Gasteiger partial charge in [-0.2, -0.15) is 4.89 Å². The molecule has 5 heteroatoms. The quantitative estimate of drug-likeness (QED) is 0.304. The molecular weight excluding hydrogens is 346 g/mol. The normalized spacial score (nSPS) is 12.9. The van der Waals surface area contributed by atoms with E-state index in [0.717, 1.165) is 37.0 Å². The van der Waals surface area contributed by atoms with Gasteiger partial charge in [0.15, 0.2) is 5.75 Å². The van der Waals surface area contributed by atoms with Gasteiger partial charge in [-0.25, -0.2) is 0 Å². The smallest absolute Gasteiger partial charge is 0.165 e. The Labute approximate surface area is 159 Å². The number of unbranched alkanes of at least 4 members (excludes halogenated alkanes) is 1. The Bertz CT molecular complexity index is 726. The number of thiophene rings is 1. The first-order chi connectivity index (χ1) is 12.5. The van der Waals surface area contributed by atoms with Crippen LogP contribution in [0.5, 0.6) is 5.75 Å². The average molecular weight is 374 g/mol. The lowest BCUT2D eigenvalue weighted by atomic mass is 9.98. The van der Waals surface area contributed by atoms with Crippen LogP contribution >= 0.6 is 11.3 Å². The zero-order valence-corrected chi connectivity index (χ0v) is 16.3. The van der Waals surface area contributed by atoms with Gasteiger partial charge >= 0.3 is 0 Å². The van der Waals surface area contributed by atoms with Crippen molar-refractivity contribution in [1.82, 2.24) is 0 Å². The van der Waals surface area contributed by atoms with E-state index in [9.17, 15) is 5.11 Å². The maximum atomic E-state index is 9.21. The summed E-state index contributed by atoms with van der Waals surface area (Å²) in [4.78, 5) is 11.9. The molecule has 1 heterocycles. The molecule has 0 saturated carbocycles. The minimum Gasteiger partial charge on any atom is -0.394 e. The highest BCUT2D eigenvalue weighted by Gasteiger charge is 2.16. The standard InChI is InChI=1S/C21H27NO3S/c1-21(22,16-23)15-14-20-13-12-19(26-20)7-5-3-4-6-17-8-10-18(11-9-17)25-24-2/h8-13,23H,3-4,6,14-16,22H2,1-2H3. The lowest BCUT2D eigenvalue weighted by Gasteiger charge is -2.20. The van der Waals surface area contributed by atoms with E-state index in [1.165, 1.54) is 17.6 Å². The fraction of sp³-hybridized carbons (Fsp3) is 0.429. The van der Waals surface area contributed by atoms with Gasteiger partial charge in [-0.05, 0) is 62.4 Å². The zero-order valence-electron chi connectivity index (χ0n) is 15.5. The Balaban J connectivity index is 1.73. The van der Waals surface area contributed by atoms with Crippen molar-refractivity contribution in [1.29, 1.82) is 0 Å². The largest absolute Gasteiger partial charge is 0.394 e. The van der Waals surface area contributed by atoms with E-state index in [1.807, 2.05) is 31.2 Å². The highest BCUT2D eigenvalue weighted by Crippen LogP contribution is 2.20. The summed E-state index contributed by atoms with van der Waals surface area (Å²) in [5, 5.41) is 9.21. The van der Waals surface area contributed by atoms with Crippen molar-refractivity contribution in [2.75, 3.05) is 13.7 Å². The fourth-order valence-corrected chi connectivity index (χ4v) is 3.29. The molecule has 4 nitrogen and oxygen atoms in total. The molecule has 0 amide bonds. The van der Waals surface area contributed by atoms with Crippen LogP contribution in [0.25, 0.3) is 0 Å². The van der Waals surface area contributed by atoms with Gasteiger partial charge in [-0.1, -0.05) is 24.0 Å². The second kappa shape index (κ2) is 10.3. The predicted octanol–water partition coefficient (Wildman–Crippen LogP) is 3.71. The lowest BCUT2D eigenvalue weighted by Crippen LogP contribution is -2.40. The molecule has 0 aliphatic rings. The molecule has 0 radical (unpaired) electrons. The fourth-order valence-electron chi connectivity index (χ4n) is 2.41. The molecule has 1 aromatic heterocycles. The first kappa shape index (κ1) is 20.5. The van der Waals surface area contributed by atoms with Gasteiger partial charge in [0.1, 0.15) is 0 Å². The van der Waals surface area contributed by atoms with Crippen LogP contribution in [0.4, 0.5) is 0 Å². The third kappa shape index (κ3) is 7.19. The molecule has 1 aromatic carbocycles. The summed E-state index contributed by atoms with van der Waals surface area (Å²) < 4.78 is 0. The van der Waals surface area contributed by atoms with Gasteiger partial charge in [0.2, 0.25) is 0 Å². The third-order valence-corrected chi connectivity index (χ3v) is 5.11. The van der Waals surface area contributed by atoms with Gasteiger partial charge in [0.25, 0.3) is 0 Å². The first-order valence-electron chi connectivity index (χ1n) is 8.79. The molecule has 0 saturated heterocycles. The summed E-state index contributed by atoms with van der Waals surface area (Å²) in [6.07, 6.45) is 4.54. The number of nitrogens with two attached hydrogens (primary N) is 1. The number of benzene rings is 1. The Morgan fingerprint density at radius 2 is 1.92 bits per heavy atom. The Morgan fingerprint density at radius 3 is 2.62 bits per heavy atom. The molecule has 2 rings (SSSR count). The molecule has 0 aliphatic carbocycles. The Hall–Kier alpha value is -1.84. The van der Waals surface area contributed by atoms with Crippen molar-refractivity contribution >= 4 is 11.3 Å². The molecule has 1 atom stereocenters. The predicted molar refractivity (Wildman–Crippen MR) is 106 cm³/mol. The molecule has 3 N–H and O–H groups in total. The summed E-state index contributed by atoms with van der Waals surface area (Å²) in [5.41, 5.74) is 6.72. The van der Waals surface area contributed by atoms with E-state index in [4.69, 9.17) is 10.6 Å². The second-order valence-corrected chi connectivity index (χ2v) is 7.80. The number of aryl methyl sites for hydroxylation is 2. The van der Waals surface area contributed by atoms with Crippen molar-refractivity contribution in [2.24, 2.45) is 5.73 Å². The molecule has 0 aliphatic heterocycles. The minimum absolute atomic E-state index is 0.00711. The summed E-state index contributed by atoms with van der Waals surface area (Å²) in [5.74, 6) is 7.20. The molecule has 1 unspecified atom stereocenters. The van der Waals surface area contributed by atoms with Crippen LogP contribution in [0.3, 0.4) is 0 Å². The summed E-state index contributed by atoms with van der Waals surface area (Å²) in [7, 11) is 1.49. The van der Waals surface area contributed by atoms with Gasteiger partial charge in [0, 0.05) is 16.8 Å². The summed E-state index contributed by atoms with van der Waals surface area (Å²) in [6, 6.07) is 12.1. The minimum atomic E-state index is -0.510. The zero-order chi connectivity index (χ0) is 18.8. The molecule has 0 spiro atoms. The van der Waals surface area contributed by atoms with Gasteiger partial charge in [-0.15, -0.1) is 11.3 Å². The van der Waals surface area contributed by atoms with Gasteiger partial charge in [0.05, 0.1) is 18.6 Å². The van der Waals surface area contributed by atoms with Crippen LogP contribution in [-0.4, -0.2) is 24.4 Å². The molecule has 0 bridgehead atoms. The van der Waals surface area contributed by atoms with Gasteiger partial charge < -0.3 is 15.7 Å². The number of aliphatic hydroxyl groups is 1. The first-order valence-corrected chi connectivity index (χ1v) is 9.61. The van der Waals surface area contributed by atoms with E-state index in [2.05, 4.69) is 28.9 Å². The SMILES string of the molecule is COOc1ccc(CCCC#Cc2ccc(CCC(C)(N)CO)s2)cc1. The molecule has 140 valence electrons. The van der Waals surface area contributed by atoms with Crippen LogP contribution in [0.2, 0.25) is 0 Å². The Kier molecular flexibility index (Phi) is 8.14. The van der Waals surface area contributed by atoms with E-state index in [0.29, 0.717) is 5.75 Å². The number of hydrogen-bond donors (Lipinski definition) is 2. The van der Waals surface area contributed by atoms with Gasteiger partial charge in [-0.3, -0.25) is 0 Å². The van der Waals surface area contributed by atoms with Crippen molar-refractivity contribution in [3.05, 3.63) is 51.7 Å². The molecular formula is C21H27NO3S. The maximum absolute atomic E-state index is 9.21. The maximum Gasteiger partial charge on any atom is 0.165 e. The molecule has 0 fully saturated rings. The summed E-state index contributed by atoms with van der Waals surface area (Å²) in [6.45, 7) is 1.88. The van der Waals surface area contributed by atoms with Crippen LogP contribution in [0.1, 0.15) is 41.5 Å². The van der Waals surface area contributed by atoms with Crippen molar-refractivity contribution < 1.29 is 14.9 Å². The third-order valence-electron chi connectivity index (χ3n) is 4.05. The number of rotatable bonds is 9. The van der Waals surface area contributed by atoms with Crippen LogP contribution < -0.4 is 10.6 Å². The van der Waals surface area contributed by atoms with Crippen LogP contribution in [0.15, 0.2) is 36.4 Å². The topological polar surface area (TPSA) is 64.7 Å².